The Morgan fingerprint density at radius 3 is 2.39 bits per heavy atom. The molecule has 1 fully saturated rings. The van der Waals surface area contributed by atoms with E-state index in [9.17, 15) is 9.90 Å². The number of nitrogens with one attached hydrogen (secondary N) is 1. The second kappa shape index (κ2) is 8.80. The van der Waals surface area contributed by atoms with E-state index in [4.69, 9.17) is 4.42 Å². The maximum atomic E-state index is 13.2. The fourth-order valence-corrected chi connectivity index (χ4v) is 4.14. The molecule has 2 aromatic carbocycles. The van der Waals surface area contributed by atoms with Gasteiger partial charge >= 0.3 is 0 Å². The zero-order chi connectivity index (χ0) is 18.8. The number of rotatable bonds is 4. The maximum Gasteiger partial charge on any atom is 0.196 e. The van der Waals surface area contributed by atoms with Gasteiger partial charge in [-0.1, -0.05) is 37.3 Å². The van der Waals surface area contributed by atoms with Gasteiger partial charge in [0.15, 0.2) is 11.0 Å². The van der Waals surface area contributed by atoms with Gasteiger partial charge in [-0.3, -0.25) is 4.79 Å². The molecule has 0 amide bonds. The summed E-state index contributed by atoms with van der Waals surface area (Å²) in [6, 6.07) is 13.1. The zero-order valence-electron chi connectivity index (χ0n) is 16.1. The van der Waals surface area contributed by atoms with E-state index in [2.05, 4.69) is 0 Å². The second-order valence-corrected chi connectivity index (χ2v) is 7.39. The van der Waals surface area contributed by atoms with E-state index in [1.165, 1.54) is 24.2 Å². The molecule has 0 radical (unpaired) electrons. The molecule has 0 bridgehead atoms. The molecule has 1 aliphatic heterocycles. The van der Waals surface area contributed by atoms with Gasteiger partial charge in [0.1, 0.15) is 18.1 Å². The van der Waals surface area contributed by atoms with Gasteiger partial charge in [0.05, 0.1) is 24.0 Å². The van der Waals surface area contributed by atoms with Crippen LogP contribution in [0.25, 0.3) is 22.3 Å². The van der Waals surface area contributed by atoms with Gasteiger partial charge in [-0.25, -0.2) is 0 Å². The topological polar surface area (TPSA) is 54.9 Å². The SMILES string of the molecule is CCc1c(-c2ccccc2)oc2c(C[NH+]3CCCCC3)c(O)ccc2c1=O.[Cl-]. The van der Waals surface area contributed by atoms with Crippen molar-refractivity contribution in [3.8, 4) is 17.1 Å². The molecule has 4 nitrogen and oxygen atoms in total. The number of piperidine rings is 1. The smallest absolute Gasteiger partial charge is 0.196 e. The first-order valence-electron chi connectivity index (χ1n) is 9.88. The Bertz CT molecular complexity index is 1010. The summed E-state index contributed by atoms with van der Waals surface area (Å²) < 4.78 is 6.33. The molecule has 2 heterocycles. The number of likely N-dealkylation sites (tertiary alicyclic amines) is 1. The van der Waals surface area contributed by atoms with Crippen LogP contribution in [-0.4, -0.2) is 18.2 Å². The first-order chi connectivity index (χ1) is 13.2. The zero-order valence-corrected chi connectivity index (χ0v) is 16.9. The third-order valence-corrected chi connectivity index (χ3v) is 5.61. The summed E-state index contributed by atoms with van der Waals surface area (Å²) in [4.78, 5) is 14.6. The van der Waals surface area contributed by atoms with Crippen molar-refractivity contribution in [2.24, 2.45) is 0 Å². The lowest BCUT2D eigenvalue weighted by atomic mass is 10.0. The third-order valence-electron chi connectivity index (χ3n) is 5.61. The Hall–Kier alpha value is -2.30. The fourth-order valence-electron chi connectivity index (χ4n) is 4.14. The number of fused-ring (bicyclic) bond motifs is 1. The molecule has 0 aliphatic carbocycles. The van der Waals surface area contributed by atoms with Gasteiger partial charge < -0.3 is 26.8 Å². The van der Waals surface area contributed by atoms with Gasteiger partial charge in [0.25, 0.3) is 0 Å². The second-order valence-electron chi connectivity index (χ2n) is 7.39. The largest absolute Gasteiger partial charge is 1.00 e. The Morgan fingerprint density at radius 1 is 1.00 bits per heavy atom. The summed E-state index contributed by atoms with van der Waals surface area (Å²) in [6.07, 6.45) is 4.30. The van der Waals surface area contributed by atoms with Crippen molar-refractivity contribution in [3.05, 3.63) is 63.8 Å². The van der Waals surface area contributed by atoms with E-state index in [0.29, 0.717) is 35.3 Å². The molecule has 28 heavy (non-hydrogen) atoms. The van der Waals surface area contributed by atoms with Gasteiger partial charge in [0.2, 0.25) is 0 Å². The molecule has 1 aliphatic rings. The summed E-state index contributed by atoms with van der Waals surface area (Å²) in [7, 11) is 0. The number of phenols is 1. The number of hydrogen-bond donors (Lipinski definition) is 2. The normalized spacial score (nSPS) is 14.8. The van der Waals surface area contributed by atoms with E-state index in [0.717, 1.165) is 24.2 Å². The standard InChI is InChI=1S/C23H25NO3.ClH/c1-2-17-21(26)18-11-12-20(25)19(15-24-13-7-4-8-14-24)23(18)27-22(17)16-9-5-3-6-10-16;/h3,5-6,9-12,25H,2,4,7-8,13-15H2,1H3;1H. The highest BCUT2D eigenvalue weighted by atomic mass is 35.5. The first kappa shape index (κ1) is 20.4. The fraction of sp³-hybridized carbons (Fsp3) is 0.348. The van der Waals surface area contributed by atoms with Crippen LogP contribution in [0, 0.1) is 0 Å². The van der Waals surface area contributed by atoms with Crippen LogP contribution in [0.5, 0.6) is 5.75 Å². The van der Waals surface area contributed by atoms with E-state index >= 15 is 0 Å². The minimum Gasteiger partial charge on any atom is -1.00 e. The Kier molecular flexibility index (Phi) is 6.42. The average molecular weight is 400 g/mol. The van der Waals surface area contributed by atoms with Crippen LogP contribution in [0.4, 0.5) is 0 Å². The van der Waals surface area contributed by atoms with Crippen molar-refractivity contribution >= 4 is 11.0 Å². The van der Waals surface area contributed by atoms with Crippen molar-refractivity contribution in [1.29, 1.82) is 0 Å². The molecule has 0 saturated carbocycles. The minimum absolute atomic E-state index is 0. The highest BCUT2D eigenvalue weighted by Crippen LogP contribution is 2.31. The quantitative estimate of drug-likeness (QED) is 0.663. The van der Waals surface area contributed by atoms with Gasteiger partial charge in [0, 0.05) is 11.1 Å². The molecule has 4 rings (SSSR count). The Morgan fingerprint density at radius 2 is 1.71 bits per heavy atom. The van der Waals surface area contributed by atoms with Gasteiger partial charge in [-0.15, -0.1) is 0 Å². The van der Waals surface area contributed by atoms with Crippen molar-refractivity contribution in [3.63, 3.8) is 0 Å². The van der Waals surface area contributed by atoms with E-state index in [1.54, 1.807) is 12.1 Å². The monoisotopic (exact) mass is 399 g/mol. The lowest BCUT2D eigenvalue weighted by Crippen LogP contribution is -3.11. The Balaban J connectivity index is 0.00000225. The molecule has 0 spiro atoms. The average Bonchev–Trinajstić information content (AvgIpc) is 2.71. The predicted octanol–water partition coefficient (Wildman–Crippen LogP) is 0.301. The molecule has 3 aromatic rings. The van der Waals surface area contributed by atoms with Crippen molar-refractivity contribution < 1.29 is 26.8 Å². The minimum atomic E-state index is 0. The molecule has 5 heteroatoms. The molecule has 2 N–H and O–H groups in total. The maximum absolute atomic E-state index is 13.2. The van der Waals surface area contributed by atoms with E-state index in [1.807, 2.05) is 37.3 Å². The number of quaternary nitrogens is 1. The van der Waals surface area contributed by atoms with Gasteiger partial charge in [-0.2, -0.15) is 0 Å². The summed E-state index contributed by atoms with van der Waals surface area (Å²) in [5.74, 6) is 0.836. The van der Waals surface area contributed by atoms with Crippen LogP contribution in [0.2, 0.25) is 0 Å². The molecular weight excluding hydrogens is 374 g/mol. The van der Waals surface area contributed by atoms with Crippen LogP contribution in [0.1, 0.15) is 37.3 Å². The lowest BCUT2D eigenvalue weighted by Gasteiger charge is -2.24. The Labute approximate surface area is 171 Å². The van der Waals surface area contributed by atoms with Crippen molar-refractivity contribution in [2.75, 3.05) is 13.1 Å². The van der Waals surface area contributed by atoms with E-state index < -0.39 is 0 Å². The van der Waals surface area contributed by atoms with Crippen molar-refractivity contribution in [2.45, 2.75) is 39.2 Å². The summed E-state index contributed by atoms with van der Waals surface area (Å²) >= 11 is 0. The van der Waals surface area contributed by atoms with Crippen LogP contribution < -0.4 is 22.7 Å². The summed E-state index contributed by atoms with van der Waals surface area (Å²) in [5.41, 5.74) is 2.88. The first-order valence-corrected chi connectivity index (χ1v) is 9.88. The van der Waals surface area contributed by atoms with Gasteiger partial charge in [-0.05, 0) is 37.8 Å². The van der Waals surface area contributed by atoms with Crippen LogP contribution in [0.15, 0.2) is 51.7 Å². The molecule has 1 aromatic heterocycles. The molecule has 0 atom stereocenters. The number of phenolic OH excluding ortho intramolecular Hbond substituents is 1. The number of halogens is 1. The lowest BCUT2D eigenvalue weighted by molar-refractivity contribution is -0.918. The molecular formula is C23H26ClNO3. The highest BCUT2D eigenvalue weighted by molar-refractivity contribution is 5.84. The van der Waals surface area contributed by atoms with E-state index in [-0.39, 0.29) is 23.6 Å². The third kappa shape index (κ3) is 3.80. The molecule has 148 valence electrons. The predicted molar refractivity (Wildman–Crippen MR) is 107 cm³/mol. The number of benzene rings is 2. The number of aromatic hydroxyl groups is 1. The summed E-state index contributed by atoms with van der Waals surface area (Å²) in [6.45, 7) is 4.85. The highest BCUT2D eigenvalue weighted by Gasteiger charge is 2.22. The number of hydrogen-bond acceptors (Lipinski definition) is 3. The van der Waals surface area contributed by atoms with Crippen molar-refractivity contribution in [1.82, 2.24) is 0 Å². The van der Waals surface area contributed by atoms with Crippen LogP contribution in [0.3, 0.4) is 0 Å². The molecule has 0 unspecified atom stereocenters. The molecule has 1 saturated heterocycles. The summed E-state index contributed by atoms with van der Waals surface area (Å²) in [5, 5.41) is 11.1. The van der Waals surface area contributed by atoms with Crippen LogP contribution >= 0.6 is 0 Å². The van der Waals surface area contributed by atoms with Crippen LogP contribution in [-0.2, 0) is 13.0 Å².